The third kappa shape index (κ3) is 3.89. The molecule has 1 N–H and O–H groups in total. The van der Waals surface area contributed by atoms with Crippen molar-refractivity contribution in [3.8, 4) is 0 Å². The summed E-state index contributed by atoms with van der Waals surface area (Å²) in [6.45, 7) is 5.02. The van der Waals surface area contributed by atoms with Gasteiger partial charge in [-0.25, -0.2) is 4.39 Å². The lowest BCUT2D eigenvalue weighted by atomic mass is 9.91. The van der Waals surface area contributed by atoms with E-state index < -0.39 is 0 Å². The minimum atomic E-state index is -0.200. The van der Waals surface area contributed by atoms with Gasteiger partial charge in [0.15, 0.2) is 0 Å². The Morgan fingerprint density at radius 3 is 2.71 bits per heavy atom. The van der Waals surface area contributed by atoms with Gasteiger partial charge in [-0.2, -0.15) is 0 Å². The summed E-state index contributed by atoms with van der Waals surface area (Å²) in [6.07, 6.45) is 2.78. The first-order valence-corrected chi connectivity index (χ1v) is 8.02. The highest BCUT2D eigenvalue weighted by molar-refractivity contribution is 9.10. The molecule has 0 amide bonds. The van der Waals surface area contributed by atoms with Crippen molar-refractivity contribution in [1.82, 2.24) is 10.3 Å². The largest absolute Gasteiger partial charge is 0.309 e. The van der Waals surface area contributed by atoms with Crippen LogP contribution in [0.5, 0.6) is 0 Å². The molecular weight excluding hydrogens is 331 g/mol. The van der Waals surface area contributed by atoms with E-state index in [9.17, 15) is 4.39 Å². The van der Waals surface area contributed by atoms with Crippen LogP contribution in [-0.4, -0.2) is 11.5 Å². The maximum Gasteiger partial charge on any atom is 0.142 e. The number of nitrogens with zero attached hydrogens (tertiary/aromatic N) is 1. The quantitative estimate of drug-likeness (QED) is 0.807. The molecule has 2 aromatic rings. The van der Waals surface area contributed by atoms with Crippen molar-refractivity contribution >= 4 is 15.9 Å². The summed E-state index contributed by atoms with van der Waals surface area (Å²) in [4.78, 5) is 4.41. The Morgan fingerprint density at radius 1 is 1.24 bits per heavy atom. The number of benzene rings is 1. The van der Waals surface area contributed by atoms with Crippen LogP contribution in [-0.2, 0) is 0 Å². The number of aromatic nitrogens is 1. The first kappa shape index (κ1) is 16.1. The third-order valence-electron chi connectivity index (χ3n) is 3.59. The van der Waals surface area contributed by atoms with E-state index in [4.69, 9.17) is 0 Å². The van der Waals surface area contributed by atoms with Gasteiger partial charge in [-0.05, 0) is 47.1 Å². The van der Waals surface area contributed by atoms with E-state index in [1.807, 2.05) is 30.3 Å². The van der Waals surface area contributed by atoms with Crippen LogP contribution in [0, 0.1) is 5.82 Å². The van der Waals surface area contributed by atoms with Crippen LogP contribution in [0.2, 0.25) is 0 Å². The average molecular weight is 351 g/mol. The fraction of sp³-hybridized carbons (Fsp3) is 0.353. The van der Waals surface area contributed by atoms with Crippen molar-refractivity contribution in [1.29, 1.82) is 0 Å². The van der Waals surface area contributed by atoms with Crippen molar-refractivity contribution in [2.24, 2.45) is 0 Å². The minimum absolute atomic E-state index is 0.0848. The summed E-state index contributed by atoms with van der Waals surface area (Å²) in [5, 5.41) is 3.45. The monoisotopic (exact) mass is 350 g/mol. The molecule has 112 valence electrons. The molecule has 0 aliphatic rings. The fourth-order valence-electron chi connectivity index (χ4n) is 2.43. The highest BCUT2D eigenvalue weighted by Gasteiger charge is 2.24. The van der Waals surface area contributed by atoms with Crippen molar-refractivity contribution in [3.63, 3.8) is 0 Å². The molecule has 0 fully saturated rings. The molecule has 0 aliphatic heterocycles. The normalized spacial score (nSPS) is 13.9. The molecule has 0 spiro atoms. The zero-order valence-corrected chi connectivity index (χ0v) is 13.9. The highest BCUT2D eigenvalue weighted by atomic mass is 79.9. The first-order valence-electron chi connectivity index (χ1n) is 7.23. The van der Waals surface area contributed by atoms with E-state index in [0.717, 1.165) is 18.7 Å². The van der Waals surface area contributed by atoms with Gasteiger partial charge < -0.3 is 5.32 Å². The van der Waals surface area contributed by atoms with E-state index >= 15 is 0 Å². The van der Waals surface area contributed by atoms with Gasteiger partial charge in [0.2, 0.25) is 0 Å². The van der Waals surface area contributed by atoms with E-state index in [-0.39, 0.29) is 17.8 Å². The molecule has 2 rings (SSSR count). The van der Waals surface area contributed by atoms with Gasteiger partial charge in [0, 0.05) is 29.4 Å². The first-order chi connectivity index (χ1) is 10.1. The Balaban J connectivity index is 2.36. The van der Waals surface area contributed by atoms with Gasteiger partial charge >= 0.3 is 0 Å². The summed E-state index contributed by atoms with van der Waals surface area (Å²) < 4.78 is 14.9. The molecule has 0 saturated carbocycles. The smallest absolute Gasteiger partial charge is 0.142 e. The number of hydrogen-bond acceptors (Lipinski definition) is 2. The molecule has 2 nitrogen and oxygen atoms in total. The molecule has 21 heavy (non-hydrogen) atoms. The topological polar surface area (TPSA) is 24.9 Å². The maximum absolute atomic E-state index is 14.4. The van der Waals surface area contributed by atoms with E-state index in [0.29, 0.717) is 10.0 Å². The molecule has 0 aliphatic carbocycles. The fourth-order valence-corrected chi connectivity index (χ4v) is 2.81. The van der Waals surface area contributed by atoms with Crippen LogP contribution in [0.1, 0.15) is 43.5 Å². The standard InChI is InChI=1S/C17H20BrFN2/c1-3-10-21-17(12(2)15-9-4-5-11-20-15)13-7-6-8-14(18)16(13)19/h4-9,11-12,17,21H,3,10H2,1-2H3. The van der Waals surface area contributed by atoms with Crippen LogP contribution < -0.4 is 5.32 Å². The van der Waals surface area contributed by atoms with E-state index in [1.165, 1.54) is 0 Å². The lowest BCUT2D eigenvalue weighted by Crippen LogP contribution is -2.28. The van der Waals surface area contributed by atoms with Crippen LogP contribution in [0.15, 0.2) is 47.1 Å². The lowest BCUT2D eigenvalue weighted by Gasteiger charge is -2.26. The zero-order valence-electron chi connectivity index (χ0n) is 12.3. The molecule has 0 radical (unpaired) electrons. The summed E-state index contributed by atoms with van der Waals surface area (Å²) >= 11 is 3.27. The second-order valence-electron chi connectivity index (χ2n) is 5.12. The van der Waals surface area contributed by atoms with Gasteiger partial charge in [-0.3, -0.25) is 4.98 Å². The number of halogens is 2. The average Bonchev–Trinajstić information content (AvgIpc) is 2.52. The second kappa shape index (κ2) is 7.66. The van der Waals surface area contributed by atoms with E-state index in [1.54, 1.807) is 12.3 Å². The summed E-state index contributed by atoms with van der Waals surface area (Å²) in [6, 6.07) is 11.2. The Kier molecular flexibility index (Phi) is 5.88. The molecular formula is C17H20BrFN2. The predicted octanol–water partition coefficient (Wildman–Crippen LogP) is 4.83. The summed E-state index contributed by atoms with van der Waals surface area (Å²) in [5.74, 6) is -0.115. The molecule has 0 saturated heterocycles. The van der Waals surface area contributed by atoms with Crippen LogP contribution in [0.4, 0.5) is 4.39 Å². The van der Waals surface area contributed by atoms with Crippen LogP contribution in [0.25, 0.3) is 0 Å². The number of nitrogens with one attached hydrogen (secondary N) is 1. The van der Waals surface area contributed by atoms with Crippen molar-refractivity contribution < 1.29 is 4.39 Å². The van der Waals surface area contributed by atoms with Gasteiger partial charge in [0.25, 0.3) is 0 Å². The van der Waals surface area contributed by atoms with Crippen LogP contribution in [0.3, 0.4) is 0 Å². The molecule has 1 heterocycles. The molecule has 2 unspecified atom stereocenters. The second-order valence-corrected chi connectivity index (χ2v) is 5.97. The molecule has 0 bridgehead atoms. The van der Waals surface area contributed by atoms with Gasteiger partial charge in [-0.15, -0.1) is 0 Å². The Morgan fingerprint density at radius 2 is 2.05 bits per heavy atom. The molecule has 1 aromatic heterocycles. The van der Waals surface area contributed by atoms with Gasteiger partial charge in [0.1, 0.15) is 5.82 Å². The van der Waals surface area contributed by atoms with Crippen molar-refractivity contribution in [2.45, 2.75) is 32.2 Å². The zero-order chi connectivity index (χ0) is 15.2. The lowest BCUT2D eigenvalue weighted by molar-refractivity contribution is 0.439. The maximum atomic E-state index is 14.4. The SMILES string of the molecule is CCCNC(c1cccc(Br)c1F)C(C)c1ccccn1. The van der Waals surface area contributed by atoms with Crippen molar-refractivity contribution in [3.05, 3.63) is 64.1 Å². The van der Waals surface area contributed by atoms with Crippen molar-refractivity contribution in [2.75, 3.05) is 6.54 Å². The van der Waals surface area contributed by atoms with Crippen LogP contribution >= 0.6 is 15.9 Å². The Bertz CT molecular complexity index is 574. The van der Waals surface area contributed by atoms with Gasteiger partial charge in [-0.1, -0.05) is 32.0 Å². The molecule has 4 heteroatoms. The Labute approximate surface area is 133 Å². The molecule has 2 atom stereocenters. The number of hydrogen-bond donors (Lipinski definition) is 1. The minimum Gasteiger partial charge on any atom is -0.309 e. The van der Waals surface area contributed by atoms with Gasteiger partial charge in [0.05, 0.1) is 4.47 Å². The summed E-state index contributed by atoms with van der Waals surface area (Å²) in [7, 11) is 0. The number of rotatable bonds is 6. The summed E-state index contributed by atoms with van der Waals surface area (Å²) in [5.41, 5.74) is 1.64. The third-order valence-corrected chi connectivity index (χ3v) is 4.20. The highest BCUT2D eigenvalue weighted by Crippen LogP contribution is 2.33. The molecule has 1 aromatic carbocycles. The number of pyridine rings is 1. The Hall–Kier alpha value is -1.26. The predicted molar refractivity (Wildman–Crippen MR) is 87.8 cm³/mol. The van der Waals surface area contributed by atoms with E-state index in [2.05, 4.69) is 40.1 Å².